The van der Waals surface area contributed by atoms with Crippen LogP contribution in [0.4, 0.5) is 0 Å². The Bertz CT molecular complexity index is 284. The number of rotatable bonds is 4. The van der Waals surface area contributed by atoms with Gasteiger partial charge >= 0.3 is 0 Å². The summed E-state index contributed by atoms with van der Waals surface area (Å²) in [5.41, 5.74) is 8.23. The van der Waals surface area contributed by atoms with Gasteiger partial charge in [-0.1, -0.05) is 13.0 Å². The molecule has 1 rings (SSSR count). The highest BCUT2D eigenvalue weighted by Crippen LogP contribution is 2.18. The van der Waals surface area contributed by atoms with Crippen LogP contribution in [-0.4, -0.2) is 18.2 Å². The monoisotopic (exact) mass is 194 g/mol. The summed E-state index contributed by atoms with van der Waals surface area (Å²) in [6, 6.07) is 1.97. The molecule has 0 aliphatic rings. The van der Waals surface area contributed by atoms with E-state index >= 15 is 0 Å². The van der Waals surface area contributed by atoms with Crippen molar-refractivity contribution in [3.63, 3.8) is 0 Å². The molecule has 1 heterocycles. The summed E-state index contributed by atoms with van der Waals surface area (Å²) in [6.45, 7) is 4.08. The number of methoxy groups -OCH3 is 1. The molecule has 14 heavy (non-hydrogen) atoms. The number of nitrogens with zero attached hydrogens (tertiary/aromatic N) is 1. The van der Waals surface area contributed by atoms with Gasteiger partial charge in [0.2, 0.25) is 0 Å². The van der Waals surface area contributed by atoms with Crippen molar-refractivity contribution in [3.8, 4) is 0 Å². The zero-order valence-electron chi connectivity index (χ0n) is 9.03. The molecule has 1 aromatic rings. The van der Waals surface area contributed by atoms with Gasteiger partial charge in [-0.05, 0) is 24.5 Å². The number of hydrogen-bond donors (Lipinski definition) is 1. The molecule has 2 unspecified atom stereocenters. The Morgan fingerprint density at radius 2 is 2.21 bits per heavy atom. The SMILES string of the molecule is CCC(OC)C(N)c1cncc(C)c1. The summed E-state index contributed by atoms with van der Waals surface area (Å²) < 4.78 is 5.30. The Labute approximate surface area is 85.3 Å². The van der Waals surface area contributed by atoms with E-state index in [9.17, 15) is 0 Å². The van der Waals surface area contributed by atoms with Gasteiger partial charge in [-0.25, -0.2) is 0 Å². The number of nitrogens with two attached hydrogens (primary N) is 1. The predicted molar refractivity (Wildman–Crippen MR) is 57.0 cm³/mol. The standard InChI is InChI=1S/C11H18N2O/c1-4-10(14-3)11(12)9-5-8(2)6-13-7-9/h5-7,10-11H,4,12H2,1-3H3. The lowest BCUT2D eigenvalue weighted by atomic mass is 10.0. The molecule has 0 bridgehead atoms. The summed E-state index contributed by atoms with van der Waals surface area (Å²) in [6.07, 6.45) is 4.60. The first-order valence-corrected chi connectivity index (χ1v) is 4.89. The molecule has 0 aliphatic carbocycles. The van der Waals surface area contributed by atoms with E-state index in [-0.39, 0.29) is 12.1 Å². The molecule has 1 aromatic heterocycles. The third-order valence-corrected chi connectivity index (χ3v) is 2.39. The molecule has 0 aromatic carbocycles. The predicted octanol–water partition coefficient (Wildman–Crippen LogP) is 1.81. The van der Waals surface area contributed by atoms with Gasteiger partial charge < -0.3 is 10.5 Å². The average Bonchev–Trinajstić information content (AvgIpc) is 2.19. The lowest BCUT2D eigenvalue weighted by molar-refractivity contribution is 0.0771. The number of aromatic nitrogens is 1. The minimum absolute atomic E-state index is 0.0681. The van der Waals surface area contributed by atoms with Gasteiger partial charge in [-0.3, -0.25) is 4.98 Å². The molecule has 3 heteroatoms. The molecule has 0 fully saturated rings. The van der Waals surface area contributed by atoms with Crippen molar-refractivity contribution in [2.24, 2.45) is 5.73 Å². The van der Waals surface area contributed by atoms with Gasteiger partial charge in [-0.2, -0.15) is 0 Å². The second kappa shape index (κ2) is 5.08. The van der Waals surface area contributed by atoms with Crippen molar-refractivity contribution in [2.75, 3.05) is 7.11 Å². The van der Waals surface area contributed by atoms with Crippen LogP contribution in [0.2, 0.25) is 0 Å². The largest absolute Gasteiger partial charge is 0.379 e. The molecule has 78 valence electrons. The van der Waals surface area contributed by atoms with Gasteiger partial charge in [0.05, 0.1) is 12.1 Å². The van der Waals surface area contributed by atoms with E-state index in [4.69, 9.17) is 10.5 Å². The quantitative estimate of drug-likeness (QED) is 0.795. The van der Waals surface area contributed by atoms with Crippen molar-refractivity contribution in [1.82, 2.24) is 4.98 Å². The van der Waals surface area contributed by atoms with E-state index < -0.39 is 0 Å². The second-order valence-electron chi connectivity index (χ2n) is 3.50. The lowest BCUT2D eigenvalue weighted by Gasteiger charge is -2.21. The van der Waals surface area contributed by atoms with Crippen molar-refractivity contribution in [2.45, 2.75) is 32.4 Å². The van der Waals surface area contributed by atoms with Crippen molar-refractivity contribution in [1.29, 1.82) is 0 Å². The van der Waals surface area contributed by atoms with Crippen molar-refractivity contribution in [3.05, 3.63) is 29.6 Å². The summed E-state index contributed by atoms with van der Waals surface area (Å²) in [7, 11) is 1.69. The molecule has 0 saturated heterocycles. The highest BCUT2D eigenvalue weighted by Gasteiger charge is 2.17. The first kappa shape index (κ1) is 11.1. The fourth-order valence-corrected chi connectivity index (χ4v) is 1.54. The highest BCUT2D eigenvalue weighted by molar-refractivity contribution is 5.20. The van der Waals surface area contributed by atoms with E-state index in [1.807, 2.05) is 13.1 Å². The third-order valence-electron chi connectivity index (χ3n) is 2.39. The maximum Gasteiger partial charge on any atom is 0.0761 e. The Hall–Kier alpha value is -0.930. The summed E-state index contributed by atoms with van der Waals surface area (Å²) >= 11 is 0. The van der Waals surface area contributed by atoms with Crippen LogP contribution in [0.25, 0.3) is 0 Å². The summed E-state index contributed by atoms with van der Waals surface area (Å²) in [4.78, 5) is 4.12. The fraction of sp³-hybridized carbons (Fsp3) is 0.545. The molecule has 0 radical (unpaired) electrons. The van der Waals surface area contributed by atoms with E-state index in [1.165, 1.54) is 0 Å². The Balaban J connectivity index is 2.82. The molecular formula is C11H18N2O. The molecular weight excluding hydrogens is 176 g/mol. The summed E-state index contributed by atoms with van der Waals surface area (Å²) in [5, 5.41) is 0. The van der Waals surface area contributed by atoms with E-state index in [0.717, 1.165) is 17.5 Å². The normalized spacial score (nSPS) is 15.1. The lowest BCUT2D eigenvalue weighted by Crippen LogP contribution is -2.27. The minimum Gasteiger partial charge on any atom is -0.379 e. The van der Waals surface area contributed by atoms with Crippen LogP contribution < -0.4 is 5.73 Å². The molecule has 0 aliphatic heterocycles. The number of ether oxygens (including phenoxy) is 1. The number of hydrogen-bond acceptors (Lipinski definition) is 3. The van der Waals surface area contributed by atoms with Gasteiger partial charge in [-0.15, -0.1) is 0 Å². The van der Waals surface area contributed by atoms with Crippen LogP contribution in [-0.2, 0) is 4.74 Å². The first-order chi connectivity index (χ1) is 6.69. The highest BCUT2D eigenvalue weighted by atomic mass is 16.5. The molecule has 0 spiro atoms. The van der Waals surface area contributed by atoms with Gasteiger partial charge in [0, 0.05) is 19.5 Å². The average molecular weight is 194 g/mol. The first-order valence-electron chi connectivity index (χ1n) is 4.89. The second-order valence-corrected chi connectivity index (χ2v) is 3.50. The summed E-state index contributed by atoms with van der Waals surface area (Å²) in [5.74, 6) is 0. The molecule has 0 saturated carbocycles. The van der Waals surface area contributed by atoms with E-state index in [2.05, 4.69) is 18.0 Å². The maximum atomic E-state index is 6.06. The van der Waals surface area contributed by atoms with Gasteiger partial charge in [0.1, 0.15) is 0 Å². The van der Waals surface area contributed by atoms with Gasteiger partial charge in [0.25, 0.3) is 0 Å². The fourth-order valence-electron chi connectivity index (χ4n) is 1.54. The molecule has 2 atom stereocenters. The topological polar surface area (TPSA) is 48.1 Å². The van der Waals surface area contributed by atoms with Crippen LogP contribution in [0.5, 0.6) is 0 Å². The van der Waals surface area contributed by atoms with Crippen molar-refractivity contribution >= 4 is 0 Å². The van der Waals surface area contributed by atoms with E-state index in [0.29, 0.717) is 0 Å². The number of aryl methyl sites for hydroxylation is 1. The molecule has 0 amide bonds. The smallest absolute Gasteiger partial charge is 0.0761 e. The maximum absolute atomic E-state index is 6.06. The van der Waals surface area contributed by atoms with Crippen LogP contribution in [0.3, 0.4) is 0 Å². The van der Waals surface area contributed by atoms with Gasteiger partial charge in [0.15, 0.2) is 0 Å². The third kappa shape index (κ3) is 2.53. The molecule has 3 nitrogen and oxygen atoms in total. The van der Waals surface area contributed by atoms with Crippen LogP contribution in [0, 0.1) is 6.92 Å². The number of pyridine rings is 1. The van der Waals surface area contributed by atoms with Crippen LogP contribution in [0.1, 0.15) is 30.5 Å². The van der Waals surface area contributed by atoms with Crippen LogP contribution in [0.15, 0.2) is 18.5 Å². The minimum atomic E-state index is -0.0857. The van der Waals surface area contributed by atoms with Crippen LogP contribution >= 0.6 is 0 Å². The Kier molecular flexibility index (Phi) is 4.04. The molecule has 2 N–H and O–H groups in total. The Morgan fingerprint density at radius 3 is 2.71 bits per heavy atom. The zero-order valence-corrected chi connectivity index (χ0v) is 9.03. The van der Waals surface area contributed by atoms with Crippen molar-refractivity contribution < 1.29 is 4.74 Å². The Morgan fingerprint density at radius 1 is 1.50 bits per heavy atom. The van der Waals surface area contributed by atoms with E-state index in [1.54, 1.807) is 13.3 Å². The zero-order chi connectivity index (χ0) is 10.6.